The molecule has 0 saturated carbocycles. The van der Waals surface area contributed by atoms with Gasteiger partial charge in [-0.15, -0.1) is 0 Å². The zero-order valence-electron chi connectivity index (χ0n) is 33.8. The van der Waals surface area contributed by atoms with Gasteiger partial charge < -0.3 is 29.7 Å². The monoisotopic (exact) mass is 789 g/mol. The van der Waals surface area contributed by atoms with Gasteiger partial charge in [0.1, 0.15) is 12.7 Å². The van der Waals surface area contributed by atoms with Gasteiger partial charge >= 0.3 is 19.8 Å². The Morgan fingerprint density at radius 1 is 0.630 bits per heavy atom. The number of rotatable bonds is 39. The number of aliphatic hydroxyl groups is 3. The van der Waals surface area contributed by atoms with E-state index in [1.807, 2.05) is 12.2 Å². The average Bonchev–Trinajstić information content (AvgIpc) is 3.15. The maximum atomic E-state index is 12.6. The van der Waals surface area contributed by atoms with Gasteiger partial charge in [-0.1, -0.05) is 159 Å². The number of allylic oxidation sites excluding steroid dienone is 5. The zero-order chi connectivity index (χ0) is 40.0. The Hall–Kier alpha value is -1.85. The van der Waals surface area contributed by atoms with Crippen LogP contribution in [0.3, 0.4) is 0 Å². The lowest BCUT2D eigenvalue weighted by molar-refractivity contribution is -0.161. The molecule has 0 heterocycles. The largest absolute Gasteiger partial charge is 0.472 e. The molecule has 0 bridgehead atoms. The molecule has 0 aromatic heterocycles. The minimum Gasteiger partial charge on any atom is -0.462 e. The molecule has 0 spiro atoms. The summed E-state index contributed by atoms with van der Waals surface area (Å²) in [4.78, 5) is 34.9. The number of carbonyl (C=O) groups excluding carboxylic acids is 2. The van der Waals surface area contributed by atoms with Gasteiger partial charge in [0, 0.05) is 12.8 Å². The number of esters is 2. The first-order valence-electron chi connectivity index (χ1n) is 21.1. The molecule has 0 amide bonds. The highest BCUT2D eigenvalue weighted by Gasteiger charge is 2.27. The van der Waals surface area contributed by atoms with Gasteiger partial charge in [0.25, 0.3) is 0 Å². The van der Waals surface area contributed by atoms with Crippen molar-refractivity contribution in [3.05, 3.63) is 36.5 Å². The van der Waals surface area contributed by atoms with Crippen LogP contribution in [0.15, 0.2) is 36.5 Å². The van der Waals surface area contributed by atoms with Crippen LogP contribution < -0.4 is 0 Å². The predicted molar refractivity (Wildman–Crippen MR) is 216 cm³/mol. The van der Waals surface area contributed by atoms with E-state index in [0.29, 0.717) is 19.3 Å². The van der Waals surface area contributed by atoms with Crippen LogP contribution >= 0.6 is 7.82 Å². The molecule has 4 atom stereocenters. The van der Waals surface area contributed by atoms with Crippen LogP contribution in [0.4, 0.5) is 0 Å². The second kappa shape index (κ2) is 38.0. The van der Waals surface area contributed by atoms with Crippen molar-refractivity contribution in [2.45, 2.75) is 193 Å². The van der Waals surface area contributed by atoms with Crippen LogP contribution in [0.2, 0.25) is 0 Å². The Bertz CT molecular complexity index is 1020. The van der Waals surface area contributed by atoms with E-state index in [1.54, 1.807) is 12.2 Å². The molecule has 54 heavy (non-hydrogen) atoms. The van der Waals surface area contributed by atoms with Crippen molar-refractivity contribution in [1.29, 1.82) is 0 Å². The lowest BCUT2D eigenvalue weighted by atomic mass is 10.0. The topological polar surface area (TPSA) is 169 Å². The Balaban J connectivity index is 4.49. The smallest absolute Gasteiger partial charge is 0.462 e. The van der Waals surface area contributed by atoms with Crippen LogP contribution in [0, 0.1) is 0 Å². The van der Waals surface area contributed by atoms with E-state index in [2.05, 4.69) is 30.5 Å². The van der Waals surface area contributed by atoms with Crippen molar-refractivity contribution < 1.29 is 52.9 Å². The molecule has 0 fully saturated rings. The van der Waals surface area contributed by atoms with Gasteiger partial charge in [0.15, 0.2) is 6.10 Å². The highest BCUT2D eigenvalue weighted by atomic mass is 31.2. The van der Waals surface area contributed by atoms with E-state index >= 15 is 0 Å². The van der Waals surface area contributed by atoms with Crippen molar-refractivity contribution in [3.8, 4) is 0 Å². The van der Waals surface area contributed by atoms with E-state index in [4.69, 9.17) is 19.1 Å². The van der Waals surface area contributed by atoms with Crippen LogP contribution in [0.25, 0.3) is 0 Å². The molecule has 11 nitrogen and oxygen atoms in total. The first-order chi connectivity index (χ1) is 26.1. The summed E-state index contributed by atoms with van der Waals surface area (Å²) in [5.74, 6) is -1.12. The summed E-state index contributed by atoms with van der Waals surface area (Å²) >= 11 is 0. The van der Waals surface area contributed by atoms with Crippen molar-refractivity contribution in [2.24, 2.45) is 0 Å². The fourth-order valence-corrected chi connectivity index (χ4v) is 6.38. The lowest BCUT2D eigenvalue weighted by Gasteiger charge is -2.20. The standard InChI is InChI=1S/C42H77O11P/c1-3-5-7-9-11-13-15-17-19-21-23-25-27-30-38(44)31-29-33-41(46)50-36-40(37-52-54(48,49)51-35-39(45)34-43)53-42(47)32-28-26-24-22-20-18-16-14-12-10-8-6-4-2/h17,19,23,25,27,30,38-40,43-45H,3-16,18,20-22,24,26,28-29,31-37H2,1-2H3,(H,48,49)/b19-17+,25-23+,30-27+/t38?,39-,40+/m0/s1. The zero-order valence-corrected chi connectivity index (χ0v) is 34.7. The number of hydrogen-bond acceptors (Lipinski definition) is 10. The molecule has 0 rings (SSSR count). The van der Waals surface area contributed by atoms with Crippen LogP contribution in [-0.2, 0) is 32.7 Å². The average molecular weight is 789 g/mol. The van der Waals surface area contributed by atoms with E-state index < -0.39 is 64.5 Å². The van der Waals surface area contributed by atoms with Gasteiger partial charge in [-0.05, 0) is 38.5 Å². The second-order valence-electron chi connectivity index (χ2n) is 14.2. The van der Waals surface area contributed by atoms with Crippen molar-refractivity contribution >= 4 is 19.8 Å². The first kappa shape index (κ1) is 52.2. The van der Waals surface area contributed by atoms with Crippen molar-refractivity contribution in [3.63, 3.8) is 0 Å². The molecule has 0 aliphatic carbocycles. The molecule has 0 aliphatic rings. The fraction of sp³-hybridized carbons (Fsp3) is 0.810. The summed E-state index contributed by atoms with van der Waals surface area (Å²) in [5.41, 5.74) is 0. The molecule has 0 aliphatic heterocycles. The first-order valence-corrected chi connectivity index (χ1v) is 22.5. The quantitative estimate of drug-likeness (QED) is 0.0154. The lowest BCUT2D eigenvalue weighted by Crippen LogP contribution is -2.30. The number of aliphatic hydroxyl groups excluding tert-OH is 3. The summed E-state index contributed by atoms with van der Waals surface area (Å²) in [5, 5.41) is 28.5. The SMILES string of the molecule is CCCCCCCC/C=C/C/C=C/C=C/C(O)CCCC(=O)OC[C@H](COP(=O)(O)OC[C@@H](O)CO)OC(=O)CCCCCCCCCCCCCCC. The predicted octanol–water partition coefficient (Wildman–Crippen LogP) is 9.75. The second-order valence-corrected chi connectivity index (χ2v) is 15.7. The summed E-state index contributed by atoms with van der Waals surface area (Å²) < 4.78 is 32.5. The number of ether oxygens (including phenoxy) is 2. The Labute approximate surface area is 327 Å². The minimum absolute atomic E-state index is 0.0191. The minimum atomic E-state index is -4.66. The van der Waals surface area contributed by atoms with Crippen molar-refractivity contribution in [1.82, 2.24) is 0 Å². The summed E-state index contributed by atoms with van der Waals surface area (Å²) in [7, 11) is -4.66. The molecule has 0 aromatic carbocycles. The molecule has 0 aromatic rings. The number of hydrogen-bond donors (Lipinski definition) is 4. The van der Waals surface area contributed by atoms with Crippen molar-refractivity contribution in [2.75, 3.05) is 26.4 Å². The van der Waals surface area contributed by atoms with Gasteiger partial charge in [-0.3, -0.25) is 18.6 Å². The highest BCUT2D eigenvalue weighted by Crippen LogP contribution is 2.43. The molecule has 0 saturated heterocycles. The normalized spacial score (nSPS) is 14.9. The van der Waals surface area contributed by atoms with Crippen LogP contribution in [0.5, 0.6) is 0 Å². The van der Waals surface area contributed by atoms with Gasteiger partial charge in [-0.25, -0.2) is 4.57 Å². The Kier molecular flexibility index (Phi) is 36.7. The third kappa shape index (κ3) is 37.1. The number of phosphoric acid groups is 1. The number of phosphoric ester groups is 1. The van der Waals surface area contributed by atoms with E-state index in [0.717, 1.165) is 32.1 Å². The summed E-state index contributed by atoms with van der Waals surface area (Å²) in [6.07, 6.45) is 34.3. The van der Waals surface area contributed by atoms with E-state index in [-0.39, 0.29) is 12.8 Å². The fourth-order valence-electron chi connectivity index (χ4n) is 5.59. The number of carbonyl (C=O) groups is 2. The Morgan fingerprint density at radius 3 is 1.76 bits per heavy atom. The molecule has 2 unspecified atom stereocenters. The summed E-state index contributed by atoms with van der Waals surface area (Å²) in [6.45, 7) is 2.15. The maximum absolute atomic E-state index is 12.6. The molecule has 4 N–H and O–H groups in total. The van der Waals surface area contributed by atoms with Gasteiger partial charge in [0.05, 0.1) is 25.9 Å². The van der Waals surface area contributed by atoms with E-state index in [1.165, 1.54) is 96.3 Å². The van der Waals surface area contributed by atoms with Crippen LogP contribution in [0.1, 0.15) is 174 Å². The molecule has 12 heteroatoms. The van der Waals surface area contributed by atoms with Gasteiger partial charge in [0.2, 0.25) is 0 Å². The molecular formula is C42H77O11P. The Morgan fingerprint density at radius 2 is 1.17 bits per heavy atom. The third-order valence-electron chi connectivity index (χ3n) is 8.90. The van der Waals surface area contributed by atoms with Gasteiger partial charge in [-0.2, -0.15) is 0 Å². The maximum Gasteiger partial charge on any atom is 0.472 e. The van der Waals surface area contributed by atoms with Crippen LogP contribution in [-0.4, -0.2) is 76.9 Å². The number of unbranched alkanes of at least 4 members (excludes halogenated alkanes) is 18. The molecule has 0 radical (unpaired) electrons. The van der Waals surface area contributed by atoms with E-state index in [9.17, 15) is 29.3 Å². The highest BCUT2D eigenvalue weighted by molar-refractivity contribution is 7.47. The summed E-state index contributed by atoms with van der Waals surface area (Å²) in [6, 6.07) is 0. The third-order valence-corrected chi connectivity index (χ3v) is 9.85. The molecular weight excluding hydrogens is 711 g/mol. The molecule has 316 valence electrons.